The van der Waals surface area contributed by atoms with E-state index in [0.717, 1.165) is 51.0 Å². The van der Waals surface area contributed by atoms with Gasteiger partial charge in [0.2, 0.25) is 0 Å². The minimum atomic E-state index is 0.177. The summed E-state index contributed by atoms with van der Waals surface area (Å²) >= 11 is 0. The van der Waals surface area contributed by atoms with Crippen LogP contribution in [0.25, 0.3) is 0 Å². The van der Waals surface area contributed by atoms with Crippen molar-refractivity contribution >= 4 is 5.96 Å². The fourth-order valence-electron chi connectivity index (χ4n) is 3.50. The number of furan rings is 1. The molecule has 27 heavy (non-hydrogen) atoms. The monoisotopic (exact) mass is 369 g/mol. The van der Waals surface area contributed by atoms with Gasteiger partial charge >= 0.3 is 0 Å². The van der Waals surface area contributed by atoms with Crippen LogP contribution in [0, 0.1) is 0 Å². The summed E-state index contributed by atoms with van der Waals surface area (Å²) in [6.07, 6.45) is 1.73. The fourth-order valence-corrected chi connectivity index (χ4v) is 3.50. The van der Waals surface area contributed by atoms with Crippen LogP contribution in [0.3, 0.4) is 0 Å². The Balaban J connectivity index is 1.50. The van der Waals surface area contributed by atoms with Gasteiger partial charge in [-0.25, -0.2) is 0 Å². The second-order valence-corrected chi connectivity index (χ2v) is 7.17. The third-order valence-corrected chi connectivity index (χ3v) is 5.08. The van der Waals surface area contributed by atoms with Crippen molar-refractivity contribution in [2.24, 2.45) is 4.99 Å². The highest BCUT2D eigenvalue weighted by molar-refractivity contribution is 5.80. The molecule has 1 aromatic heterocycles. The van der Waals surface area contributed by atoms with Gasteiger partial charge in [-0.1, -0.05) is 30.3 Å². The number of nitrogens with one attached hydrogen (secondary N) is 1. The first-order valence-electron chi connectivity index (χ1n) is 9.59. The van der Waals surface area contributed by atoms with Gasteiger partial charge in [-0.05, 0) is 31.8 Å². The van der Waals surface area contributed by atoms with Crippen LogP contribution in [0.2, 0.25) is 0 Å². The summed E-state index contributed by atoms with van der Waals surface area (Å²) in [5.41, 5.74) is 1.38. The zero-order chi connectivity index (χ0) is 19.1. The van der Waals surface area contributed by atoms with Crippen molar-refractivity contribution in [3.05, 3.63) is 60.1 Å². The number of piperazine rings is 1. The molecule has 6 nitrogen and oxygen atoms in total. The van der Waals surface area contributed by atoms with Gasteiger partial charge in [-0.3, -0.25) is 14.8 Å². The molecule has 0 bridgehead atoms. The highest BCUT2D eigenvalue weighted by atomic mass is 16.3. The lowest BCUT2D eigenvalue weighted by atomic mass is 10.2. The number of rotatable bonds is 6. The van der Waals surface area contributed by atoms with Crippen LogP contribution in [-0.2, 0) is 6.54 Å². The Bertz CT molecular complexity index is 691. The third-order valence-electron chi connectivity index (χ3n) is 5.08. The molecule has 1 aromatic carbocycles. The predicted octanol–water partition coefficient (Wildman–Crippen LogP) is 2.28. The third kappa shape index (κ3) is 5.34. The van der Waals surface area contributed by atoms with E-state index in [2.05, 4.69) is 69.4 Å². The molecule has 1 N–H and O–H groups in total. The zero-order valence-electron chi connectivity index (χ0n) is 16.6. The highest BCUT2D eigenvalue weighted by Crippen LogP contribution is 2.17. The number of benzene rings is 1. The van der Waals surface area contributed by atoms with Crippen LogP contribution in [0.4, 0.5) is 0 Å². The van der Waals surface area contributed by atoms with Crippen molar-refractivity contribution < 1.29 is 4.42 Å². The predicted molar refractivity (Wildman–Crippen MR) is 110 cm³/mol. The summed E-state index contributed by atoms with van der Waals surface area (Å²) in [5.74, 6) is 1.93. The van der Waals surface area contributed by atoms with Crippen molar-refractivity contribution in [2.45, 2.75) is 12.6 Å². The lowest BCUT2D eigenvalue weighted by Gasteiger charge is -2.37. The molecule has 0 saturated carbocycles. The lowest BCUT2D eigenvalue weighted by molar-refractivity contribution is 0.171. The first-order chi connectivity index (χ1) is 13.2. The molecule has 2 aromatic rings. The number of aliphatic imine (C=N–C) groups is 1. The second kappa shape index (κ2) is 9.58. The summed E-state index contributed by atoms with van der Waals surface area (Å²) in [5, 5.41) is 3.53. The molecule has 2 heterocycles. The minimum absolute atomic E-state index is 0.177. The van der Waals surface area contributed by atoms with Gasteiger partial charge < -0.3 is 14.6 Å². The Morgan fingerprint density at radius 2 is 1.85 bits per heavy atom. The largest absolute Gasteiger partial charge is 0.468 e. The van der Waals surface area contributed by atoms with Crippen LogP contribution in [0.5, 0.6) is 0 Å². The number of nitrogens with zero attached hydrogens (tertiary/aromatic N) is 4. The first-order valence-corrected chi connectivity index (χ1v) is 9.59. The lowest BCUT2D eigenvalue weighted by Crippen LogP contribution is -2.53. The first kappa shape index (κ1) is 19.5. The Labute approximate surface area is 162 Å². The second-order valence-electron chi connectivity index (χ2n) is 7.17. The van der Waals surface area contributed by atoms with Crippen LogP contribution in [0.15, 0.2) is 58.1 Å². The van der Waals surface area contributed by atoms with Crippen molar-refractivity contribution in [3.8, 4) is 0 Å². The number of guanidine groups is 1. The standard InChI is InChI=1S/C21H31N5O/c1-22-21(23-16-19(24(2)3)20-10-7-15-27-20)26-13-11-25(12-14-26)17-18-8-5-4-6-9-18/h4-10,15,19H,11-14,16-17H2,1-3H3,(H,22,23). The molecule has 6 heteroatoms. The van der Waals surface area contributed by atoms with Gasteiger partial charge in [-0.2, -0.15) is 0 Å². The van der Waals surface area contributed by atoms with Crippen LogP contribution in [0.1, 0.15) is 17.4 Å². The SMILES string of the molecule is CN=C(NCC(c1ccco1)N(C)C)N1CCN(Cc2ccccc2)CC1. The molecule has 1 atom stereocenters. The van der Waals surface area contributed by atoms with Gasteiger partial charge in [0.1, 0.15) is 5.76 Å². The van der Waals surface area contributed by atoms with E-state index >= 15 is 0 Å². The molecule has 3 rings (SSSR count). The highest BCUT2D eigenvalue weighted by Gasteiger charge is 2.22. The Morgan fingerprint density at radius 1 is 1.11 bits per heavy atom. The van der Waals surface area contributed by atoms with Crippen molar-refractivity contribution in [2.75, 3.05) is 53.9 Å². The van der Waals surface area contributed by atoms with Gasteiger partial charge in [0.15, 0.2) is 5.96 Å². The van der Waals surface area contributed by atoms with Crippen LogP contribution in [-0.4, -0.2) is 74.5 Å². The normalized spacial score (nSPS) is 17.3. The molecule has 1 aliphatic heterocycles. The average Bonchev–Trinajstić information content (AvgIpc) is 3.21. The molecule has 146 valence electrons. The summed E-state index contributed by atoms with van der Waals surface area (Å²) in [6.45, 7) is 5.84. The summed E-state index contributed by atoms with van der Waals surface area (Å²) in [7, 11) is 6.00. The van der Waals surface area contributed by atoms with E-state index in [4.69, 9.17) is 4.42 Å². The fraction of sp³-hybridized carbons (Fsp3) is 0.476. The topological polar surface area (TPSA) is 47.3 Å². The molecular formula is C21H31N5O. The smallest absolute Gasteiger partial charge is 0.193 e. The molecule has 1 fully saturated rings. The maximum absolute atomic E-state index is 5.60. The molecule has 1 aliphatic rings. The average molecular weight is 370 g/mol. The quantitative estimate of drug-likeness (QED) is 0.625. The van der Waals surface area contributed by atoms with E-state index in [1.807, 2.05) is 19.2 Å². The van der Waals surface area contributed by atoms with Crippen LogP contribution >= 0.6 is 0 Å². The van der Waals surface area contributed by atoms with E-state index < -0.39 is 0 Å². The molecule has 0 aliphatic carbocycles. The zero-order valence-corrected chi connectivity index (χ0v) is 16.6. The molecule has 0 spiro atoms. The molecule has 1 saturated heterocycles. The van der Waals surface area contributed by atoms with Crippen LogP contribution < -0.4 is 5.32 Å². The van der Waals surface area contributed by atoms with E-state index in [0.29, 0.717) is 0 Å². The van der Waals surface area contributed by atoms with Gasteiger partial charge in [0.05, 0.1) is 12.3 Å². The van der Waals surface area contributed by atoms with Gasteiger partial charge in [0.25, 0.3) is 0 Å². The van der Waals surface area contributed by atoms with Gasteiger partial charge in [0, 0.05) is 46.3 Å². The van der Waals surface area contributed by atoms with E-state index in [1.54, 1.807) is 6.26 Å². The summed E-state index contributed by atoms with van der Waals surface area (Å²) in [6, 6.07) is 14.8. The van der Waals surface area contributed by atoms with Gasteiger partial charge in [-0.15, -0.1) is 0 Å². The number of likely N-dealkylation sites (N-methyl/N-ethyl adjacent to an activating group) is 1. The molecule has 0 radical (unpaired) electrons. The van der Waals surface area contributed by atoms with Crippen molar-refractivity contribution in [1.82, 2.24) is 20.0 Å². The molecule has 1 unspecified atom stereocenters. The minimum Gasteiger partial charge on any atom is -0.468 e. The molecular weight excluding hydrogens is 338 g/mol. The van der Waals surface area contributed by atoms with E-state index in [-0.39, 0.29) is 6.04 Å². The van der Waals surface area contributed by atoms with Crippen molar-refractivity contribution in [1.29, 1.82) is 0 Å². The maximum atomic E-state index is 5.60. The Morgan fingerprint density at radius 3 is 2.44 bits per heavy atom. The van der Waals surface area contributed by atoms with Crippen molar-refractivity contribution in [3.63, 3.8) is 0 Å². The Hall–Kier alpha value is -2.31. The Kier molecular flexibility index (Phi) is 6.90. The molecule has 0 amide bonds. The summed E-state index contributed by atoms with van der Waals surface area (Å²) < 4.78 is 5.60. The maximum Gasteiger partial charge on any atom is 0.193 e. The number of hydrogen-bond acceptors (Lipinski definition) is 4. The van der Waals surface area contributed by atoms with E-state index in [1.165, 1.54) is 5.56 Å². The summed E-state index contributed by atoms with van der Waals surface area (Å²) in [4.78, 5) is 11.5. The van der Waals surface area contributed by atoms with E-state index in [9.17, 15) is 0 Å². The number of hydrogen-bond donors (Lipinski definition) is 1.